The Kier molecular flexibility index (Phi) is 7.45. The molecule has 0 bridgehead atoms. The minimum atomic E-state index is -0.700. The van der Waals surface area contributed by atoms with Gasteiger partial charge in [0.2, 0.25) is 0 Å². The molecule has 35 heavy (non-hydrogen) atoms. The predicted molar refractivity (Wildman–Crippen MR) is 135 cm³/mol. The van der Waals surface area contributed by atoms with Crippen molar-refractivity contribution in [1.29, 1.82) is 0 Å². The lowest BCUT2D eigenvalue weighted by atomic mass is 9.94. The number of likely N-dealkylation sites (N-methyl/N-ethyl adjacent to an activating group) is 1. The molecule has 2 atom stereocenters. The molecular formula is C28H34N2O5. The summed E-state index contributed by atoms with van der Waals surface area (Å²) < 4.78 is 11.5. The molecule has 2 aliphatic rings. The van der Waals surface area contributed by atoms with E-state index in [-0.39, 0.29) is 17.4 Å². The number of benzene rings is 2. The van der Waals surface area contributed by atoms with Crippen LogP contribution in [0.3, 0.4) is 0 Å². The molecule has 0 aliphatic carbocycles. The molecule has 7 nitrogen and oxygen atoms in total. The molecule has 1 amide bonds. The topological polar surface area (TPSA) is 79.3 Å². The summed E-state index contributed by atoms with van der Waals surface area (Å²) in [4.78, 5) is 30.3. The maximum Gasteiger partial charge on any atom is 0.295 e. The third-order valence-electron chi connectivity index (χ3n) is 6.75. The number of ether oxygens (including phenoxy) is 2. The Morgan fingerprint density at radius 1 is 1.14 bits per heavy atom. The number of carbonyl (C=O) groups excluding carboxylic acids is 2. The van der Waals surface area contributed by atoms with Crippen LogP contribution >= 0.6 is 0 Å². The summed E-state index contributed by atoms with van der Waals surface area (Å²) in [5.74, 6) is 0.0168. The van der Waals surface area contributed by atoms with Crippen LogP contribution in [0.5, 0.6) is 11.5 Å². The standard InChI is InChI=1S/C28H34N2O5/c1-5-29(6-2)13-14-30-25(19-9-8-10-22(17-19)34-7-3)24(27(32)28(30)33)26(31)20-11-12-23-21(16-20)15-18(4)35-23/h8-12,16-18,25,31H,5-7,13-15H2,1-4H3/b26-24-. The Bertz CT molecular complexity index is 1140. The van der Waals surface area contributed by atoms with Crippen molar-refractivity contribution < 1.29 is 24.2 Å². The summed E-state index contributed by atoms with van der Waals surface area (Å²) in [6, 6.07) is 12.1. The summed E-state index contributed by atoms with van der Waals surface area (Å²) in [5, 5.41) is 11.4. The van der Waals surface area contributed by atoms with Crippen molar-refractivity contribution in [2.45, 2.75) is 46.3 Å². The highest BCUT2D eigenvalue weighted by Crippen LogP contribution is 2.41. The maximum atomic E-state index is 13.3. The van der Waals surface area contributed by atoms with Crippen LogP contribution in [0.25, 0.3) is 5.76 Å². The number of hydrogen-bond donors (Lipinski definition) is 1. The van der Waals surface area contributed by atoms with E-state index in [9.17, 15) is 14.7 Å². The highest BCUT2D eigenvalue weighted by atomic mass is 16.5. The first-order valence-corrected chi connectivity index (χ1v) is 12.4. The second kappa shape index (κ2) is 10.5. The van der Waals surface area contributed by atoms with Crippen molar-refractivity contribution in [2.24, 2.45) is 0 Å². The van der Waals surface area contributed by atoms with Gasteiger partial charge >= 0.3 is 0 Å². The highest BCUT2D eigenvalue weighted by Gasteiger charge is 2.46. The summed E-state index contributed by atoms with van der Waals surface area (Å²) in [6.07, 6.45) is 0.795. The average molecular weight is 479 g/mol. The van der Waals surface area contributed by atoms with Gasteiger partial charge in [0, 0.05) is 25.1 Å². The Balaban J connectivity index is 1.79. The molecule has 4 rings (SSSR count). The number of Topliss-reactive ketones (excluding diaryl/α,β-unsaturated/α-hetero) is 1. The maximum absolute atomic E-state index is 13.3. The molecule has 2 aliphatic heterocycles. The van der Waals surface area contributed by atoms with Crippen LogP contribution in [0.4, 0.5) is 0 Å². The van der Waals surface area contributed by atoms with Gasteiger partial charge in [0.05, 0.1) is 18.2 Å². The quantitative estimate of drug-likeness (QED) is 0.331. The van der Waals surface area contributed by atoms with Crippen molar-refractivity contribution in [3.63, 3.8) is 0 Å². The highest BCUT2D eigenvalue weighted by molar-refractivity contribution is 6.46. The number of likely N-dealkylation sites (tertiary alicyclic amines) is 1. The lowest BCUT2D eigenvalue weighted by Crippen LogP contribution is -2.38. The van der Waals surface area contributed by atoms with Gasteiger partial charge in [0.15, 0.2) is 0 Å². The largest absolute Gasteiger partial charge is 0.507 e. The Morgan fingerprint density at radius 2 is 1.91 bits per heavy atom. The summed E-state index contributed by atoms with van der Waals surface area (Å²) >= 11 is 0. The van der Waals surface area contributed by atoms with E-state index in [4.69, 9.17) is 9.47 Å². The van der Waals surface area contributed by atoms with E-state index >= 15 is 0 Å². The summed E-state index contributed by atoms with van der Waals surface area (Å²) in [6.45, 7) is 11.2. The molecule has 2 aromatic rings. The number of rotatable bonds is 9. The molecule has 0 radical (unpaired) electrons. The SMILES string of the molecule is CCOc1cccc(C2/C(=C(/O)c3ccc4c(c3)CC(C)O4)C(=O)C(=O)N2CCN(CC)CC)c1. The number of amides is 1. The van der Waals surface area contributed by atoms with E-state index in [0.29, 0.717) is 31.0 Å². The van der Waals surface area contributed by atoms with Crippen LogP contribution < -0.4 is 9.47 Å². The van der Waals surface area contributed by atoms with Gasteiger partial charge in [0.1, 0.15) is 23.4 Å². The van der Waals surface area contributed by atoms with Crippen molar-refractivity contribution >= 4 is 17.4 Å². The molecule has 2 aromatic carbocycles. The van der Waals surface area contributed by atoms with Crippen LogP contribution in [0, 0.1) is 0 Å². The molecule has 2 unspecified atom stereocenters. The fourth-order valence-corrected chi connectivity index (χ4v) is 4.91. The molecule has 7 heteroatoms. The number of nitrogens with zero attached hydrogens (tertiary/aromatic N) is 2. The van der Waals surface area contributed by atoms with Crippen LogP contribution in [0.1, 0.15) is 50.4 Å². The first-order chi connectivity index (χ1) is 16.9. The van der Waals surface area contributed by atoms with Crippen molar-refractivity contribution in [1.82, 2.24) is 9.80 Å². The molecule has 186 valence electrons. The summed E-state index contributed by atoms with van der Waals surface area (Å²) in [7, 11) is 0. The lowest BCUT2D eigenvalue weighted by molar-refractivity contribution is -0.140. The minimum absolute atomic E-state index is 0.0642. The van der Waals surface area contributed by atoms with Gasteiger partial charge in [-0.05, 0) is 68.4 Å². The third kappa shape index (κ3) is 4.91. The minimum Gasteiger partial charge on any atom is -0.507 e. The molecule has 2 heterocycles. The zero-order valence-corrected chi connectivity index (χ0v) is 20.9. The van der Waals surface area contributed by atoms with E-state index in [1.807, 2.05) is 50.2 Å². The van der Waals surface area contributed by atoms with Gasteiger partial charge in [-0.3, -0.25) is 9.59 Å². The van der Waals surface area contributed by atoms with Crippen molar-refractivity contribution in [3.8, 4) is 11.5 Å². The second-order valence-electron chi connectivity index (χ2n) is 8.98. The van der Waals surface area contributed by atoms with Crippen LogP contribution in [0.2, 0.25) is 0 Å². The van der Waals surface area contributed by atoms with E-state index in [0.717, 1.165) is 36.4 Å². The van der Waals surface area contributed by atoms with Gasteiger partial charge in [-0.15, -0.1) is 0 Å². The molecular weight excluding hydrogens is 444 g/mol. The monoisotopic (exact) mass is 478 g/mol. The predicted octanol–water partition coefficient (Wildman–Crippen LogP) is 4.17. The normalized spacial score (nSPS) is 20.9. The Morgan fingerprint density at radius 3 is 2.63 bits per heavy atom. The molecule has 0 spiro atoms. The number of hydrogen-bond acceptors (Lipinski definition) is 6. The Labute approximate surface area is 206 Å². The first-order valence-electron chi connectivity index (χ1n) is 12.4. The second-order valence-corrected chi connectivity index (χ2v) is 8.98. The average Bonchev–Trinajstić information content (AvgIpc) is 3.35. The fraction of sp³-hybridized carbons (Fsp3) is 0.429. The fourth-order valence-electron chi connectivity index (χ4n) is 4.91. The van der Waals surface area contributed by atoms with Crippen molar-refractivity contribution in [2.75, 3.05) is 32.8 Å². The number of fused-ring (bicyclic) bond motifs is 1. The molecule has 0 aromatic heterocycles. The molecule has 0 saturated carbocycles. The first kappa shape index (κ1) is 24.8. The number of aliphatic hydroxyl groups excluding tert-OH is 1. The van der Waals surface area contributed by atoms with Crippen LogP contribution in [0.15, 0.2) is 48.0 Å². The van der Waals surface area contributed by atoms with E-state index in [1.165, 1.54) is 0 Å². The zero-order chi connectivity index (χ0) is 25.1. The van der Waals surface area contributed by atoms with Crippen molar-refractivity contribution in [3.05, 3.63) is 64.7 Å². The molecule has 1 N–H and O–H groups in total. The van der Waals surface area contributed by atoms with Gasteiger partial charge in [-0.2, -0.15) is 0 Å². The van der Waals surface area contributed by atoms with Crippen LogP contribution in [-0.2, 0) is 16.0 Å². The van der Waals surface area contributed by atoms with Gasteiger partial charge in [0.25, 0.3) is 11.7 Å². The van der Waals surface area contributed by atoms with Gasteiger partial charge in [-0.1, -0.05) is 26.0 Å². The number of carbonyl (C=O) groups is 2. The van der Waals surface area contributed by atoms with E-state index in [1.54, 1.807) is 11.0 Å². The van der Waals surface area contributed by atoms with Gasteiger partial charge in [-0.25, -0.2) is 0 Å². The number of aliphatic hydroxyl groups is 1. The Hall–Kier alpha value is -3.32. The van der Waals surface area contributed by atoms with E-state index < -0.39 is 17.7 Å². The van der Waals surface area contributed by atoms with Gasteiger partial charge < -0.3 is 24.4 Å². The smallest absolute Gasteiger partial charge is 0.295 e. The summed E-state index contributed by atoms with van der Waals surface area (Å²) in [5.41, 5.74) is 2.32. The number of ketones is 1. The molecule has 1 saturated heterocycles. The lowest BCUT2D eigenvalue weighted by Gasteiger charge is -2.28. The third-order valence-corrected chi connectivity index (χ3v) is 6.75. The van der Waals surface area contributed by atoms with E-state index in [2.05, 4.69) is 18.7 Å². The molecule has 1 fully saturated rings. The zero-order valence-electron chi connectivity index (χ0n) is 20.9. The van der Waals surface area contributed by atoms with Crippen LogP contribution in [-0.4, -0.2) is 65.5 Å².